The average Bonchev–Trinajstić information content (AvgIpc) is 2.84. The molecule has 0 aliphatic carbocycles. The van der Waals surface area contributed by atoms with Crippen molar-refractivity contribution in [1.29, 1.82) is 0 Å². The molecule has 6 nitrogen and oxygen atoms in total. The lowest BCUT2D eigenvalue weighted by Gasteiger charge is -2.23. The van der Waals surface area contributed by atoms with Gasteiger partial charge in [-0.3, -0.25) is 4.79 Å². The third-order valence-corrected chi connectivity index (χ3v) is 6.84. The molecule has 0 unspecified atom stereocenters. The summed E-state index contributed by atoms with van der Waals surface area (Å²) in [6.45, 7) is 9.27. The molecule has 0 aromatic heterocycles. The molecule has 0 saturated carbocycles. The second-order valence-electron chi connectivity index (χ2n) is 6.47. The zero-order valence-corrected chi connectivity index (χ0v) is 16.6. The van der Waals surface area contributed by atoms with E-state index in [0.717, 1.165) is 22.4 Å². The monoisotopic (exact) mass is 368 g/mol. The first-order chi connectivity index (χ1) is 11.7. The van der Waals surface area contributed by atoms with Crippen LogP contribution in [0, 0.1) is 20.8 Å². The van der Waals surface area contributed by atoms with E-state index in [1.54, 1.807) is 18.9 Å². The summed E-state index contributed by atoms with van der Waals surface area (Å²) in [6.07, 6.45) is 0.651. The molecular formula is C18H28N2O4S. The summed E-state index contributed by atoms with van der Waals surface area (Å²) in [7, 11) is -1.58. The molecule has 140 valence electrons. The summed E-state index contributed by atoms with van der Waals surface area (Å²) >= 11 is 0. The summed E-state index contributed by atoms with van der Waals surface area (Å²) in [4.78, 5) is 14.8. The molecule has 1 aliphatic heterocycles. The zero-order chi connectivity index (χ0) is 18.8. The standard InChI is InChI=1S/C18H28N2O4S/c1-6-25(22,23)20-9-7-8-19(10-11-20)18(21)16-12-13(2)17(24-5)15(4)14(16)3/h12H,6-11H2,1-5H3. The molecule has 1 aromatic carbocycles. The Morgan fingerprint density at radius 3 is 2.40 bits per heavy atom. The van der Waals surface area contributed by atoms with E-state index in [9.17, 15) is 13.2 Å². The van der Waals surface area contributed by atoms with Crippen LogP contribution in [0.15, 0.2) is 6.07 Å². The van der Waals surface area contributed by atoms with E-state index >= 15 is 0 Å². The number of ether oxygens (including phenoxy) is 1. The normalized spacial score (nSPS) is 16.6. The van der Waals surface area contributed by atoms with Crippen LogP contribution in [0.25, 0.3) is 0 Å². The van der Waals surface area contributed by atoms with Crippen LogP contribution in [0.1, 0.15) is 40.4 Å². The minimum absolute atomic E-state index is 0.0397. The van der Waals surface area contributed by atoms with Crippen molar-refractivity contribution in [3.05, 3.63) is 28.3 Å². The molecule has 1 aromatic rings. The maximum absolute atomic E-state index is 13.0. The molecule has 1 heterocycles. The second-order valence-corrected chi connectivity index (χ2v) is 8.73. The van der Waals surface area contributed by atoms with Crippen LogP contribution >= 0.6 is 0 Å². The molecule has 1 saturated heterocycles. The Hall–Kier alpha value is -1.60. The summed E-state index contributed by atoms with van der Waals surface area (Å²) in [5, 5.41) is 0. The molecule has 1 amide bonds. The predicted molar refractivity (Wildman–Crippen MR) is 98.8 cm³/mol. The Balaban J connectivity index is 2.25. The number of hydrogen-bond acceptors (Lipinski definition) is 4. The summed E-state index contributed by atoms with van der Waals surface area (Å²) in [6, 6.07) is 1.87. The van der Waals surface area contributed by atoms with Crippen LogP contribution in [0.4, 0.5) is 0 Å². The van der Waals surface area contributed by atoms with Crippen molar-refractivity contribution in [1.82, 2.24) is 9.21 Å². The van der Waals surface area contributed by atoms with Crippen LogP contribution < -0.4 is 4.74 Å². The van der Waals surface area contributed by atoms with Crippen molar-refractivity contribution in [2.45, 2.75) is 34.1 Å². The number of sulfonamides is 1. The SMILES string of the molecule is CCS(=O)(=O)N1CCCN(C(=O)c2cc(C)c(OC)c(C)c2C)CC1. The largest absolute Gasteiger partial charge is 0.496 e. The van der Waals surface area contributed by atoms with Crippen LogP contribution in [-0.2, 0) is 10.0 Å². The van der Waals surface area contributed by atoms with Gasteiger partial charge in [-0.05, 0) is 56.9 Å². The highest BCUT2D eigenvalue weighted by Gasteiger charge is 2.27. The first-order valence-corrected chi connectivity index (χ1v) is 10.3. The molecule has 25 heavy (non-hydrogen) atoms. The van der Waals surface area contributed by atoms with E-state index < -0.39 is 10.0 Å². The molecule has 0 N–H and O–H groups in total. The Morgan fingerprint density at radius 2 is 1.80 bits per heavy atom. The second kappa shape index (κ2) is 7.74. The number of carbonyl (C=O) groups is 1. The molecule has 0 bridgehead atoms. The number of methoxy groups -OCH3 is 1. The Kier molecular flexibility index (Phi) is 6.11. The van der Waals surface area contributed by atoms with Gasteiger partial charge < -0.3 is 9.64 Å². The van der Waals surface area contributed by atoms with E-state index in [4.69, 9.17) is 4.74 Å². The van der Waals surface area contributed by atoms with Gasteiger partial charge in [-0.15, -0.1) is 0 Å². The molecule has 2 rings (SSSR count). The van der Waals surface area contributed by atoms with Crippen molar-refractivity contribution in [3.8, 4) is 5.75 Å². The van der Waals surface area contributed by atoms with Gasteiger partial charge in [0.1, 0.15) is 5.75 Å². The van der Waals surface area contributed by atoms with Gasteiger partial charge in [-0.2, -0.15) is 0 Å². The smallest absolute Gasteiger partial charge is 0.254 e. The number of amides is 1. The highest BCUT2D eigenvalue weighted by molar-refractivity contribution is 7.89. The van der Waals surface area contributed by atoms with Crippen LogP contribution in [0.3, 0.4) is 0 Å². The number of rotatable bonds is 4. The minimum atomic E-state index is -3.21. The number of nitrogens with zero attached hydrogens (tertiary/aromatic N) is 2. The lowest BCUT2D eigenvalue weighted by Crippen LogP contribution is -2.38. The van der Waals surface area contributed by atoms with Crippen molar-refractivity contribution >= 4 is 15.9 Å². The maximum atomic E-state index is 13.0. The first-order valence-electron chi connectivity index (χ1n) is 8.64. The van der Waals surface area contributed by atoms with Crippen LogP contribution in [-0.4, -0.2) is 62.6 Å². The van der Waals surface area contributed by atoms with Crippen molar-refractivity contribution in [2.75, 3.05) is 39.0 Å². The molecule has 7 heteroatoms. The first kappa shape index (κ1) is 19.7. The molecule has 0 spiro atoms. The van der Waals surface area contributed by atoms with E-state index in [1.807, 2.05) is 26.8 Å². The van der Waals surface area contributed by atoms with Crippen LogP contribution in [0.2, 0.25) is 0 Å². The van der Waals surface area contributed by atoms with Crippen molar-refractivity contribution in [2.24, 2.45) is 0 Å². The average molecular weight is 368 g/mol. The fourth-order valence-electron chi connectivity index (χ4n) is 3.32. The fraction of sp³-hybridized carbons (Fsp3) is 0.611. The van der Waals surface area contributed by atoms with Crippen LogP contribution in [0.5, 0.6) is 5.75 Å². The zero-order valence-electron chi connectivity index (χ0n) is 15.8. The van der Waals surface area contributed by atoms with Gasteiger partial charge in [-0.25, -0.2) is 12.7 Å². The lowest BCUT2D eigenvalue weighted by atomic mass is 9.97. The van der Waals surface area contributed by atoms with E-state index in [2.05, 4.69) is 0 Å². The van der Waals surface area contributed by atoms with E-state index in [0.29, 0.717) is 38.2 Å². The Labute approximate surface area is 150 Å². The third-order valence-electron chi connectivity index (χ3n) is 4.96. The van der Waals surface area contributed by atoms with E-state index in [-0.39, 0.29) is 11.7 Å². The maximum Gasteiger partial charge on any atom is 0.254 e. The van der Waals surface area contributed by atoms with Gasteiger partial charge >= 0.3 is 0 Å². The molecule has 1 aliphatic rings. The molecular weight excluding hydrogens is 340 g/mol. The number of aryl methyl sites for hydroxylation is 1. The van der Waals surface area contributed by atoms with Gasteiger partial charge in [0.25, 0.3) is 5.91 Å². The number of hydrogen-bond donors (Lipinski definition) is 0. The molecule has 1 fully saturated rings. The highest BCUT2D eigenvalue weighted by atomic mass is 32.2. The van der Waals surface area contributed by atoms with Crippen molar-refractivity contribution in [3.63, 3.8) is 0 Å². The lowest BCUT2D eigenvalue weighted by molar-refractivity contribution is 0.0763. The van der Waals surface area contributed by atoms with Gasteiger partial charge in [0, 0.05) is 31.7 Å². The summed E-state index contributed by atoms with van der Waals surface area (Å²) < 4.78 is 31.1. The fourth-order valence-corrected chi connectivity index (χ4v) is 4.45. The number of benzene rings is 1. The molecule has 0 atom stereocenters. The summed E-state index contributed by atoms with van der Waals surface area (Å²) in [5.74, 6) is 0.865. The Morgan fingerprint density at radius 1 is 1.12 bits per heavy atom. The highest BCUT2D eigenvalue weighted by Crippen LogP contribution is 2.29. The summed E-state index contributed by atoms with van der Waals surface area (Å²) in [5.41, 5.74) is 3.48. The van der Waals surface area contributed by atoms with Crippen molar-refractivity contribution < 1.29 is 17.9 Å². The predicted octanol–water partition coefficient (Wildman–Crippen LogP) is 2.12. The third kappa shape index (κ3) is 3.98. The van der Waals surface area contributed by atoms with E-state index in [1.165, 1.54) is 4.31 Å². The van der Waals surface area contributed by atoms with Gasteiger partial charge in [0.2, 0.25) is 10.0 Å². The number of carbonyl (C=O) groups excluding carboxylic acids is 1. The quantitative estimate of drug-likeness (QED) is 0.816. The van der Waals surface area contributed by atoms with Gasteiger partial charge in [0.05, 0.1) is 12.9 Å². The van der Waals surface area contributed by atoms with Gasteiger partial charge in [-0.1, -0.05) is 0 Å². The Bertz CT molecular complexity index is 759. The topological polar surface area (TPSA) is 66.9 Å². The van der Waals surface area contributed by atoms with Gasteiger partial charge in [0.15, 0.2) is 0 Å². The minimum Gasteiger partial charge on any atom is -0.496 e. The molecule has 0 radical (unpaired) electrons.